The van der Waals surface area contributed by atoms with Gasteiger partial charge in [0.25, 0.3) is 0 Å². The second kappa shape index (κ2) is 18.0. The van der Waals surface area contributed by atoms with Crippen LogP contribution in [0.3, 0.4) is 0 Å². The smallest absolute Gasteiger partial charge is 0.222 e. The summed E-state index contributed by atoms with van der Waals surface area (Å²) in [7, 11) is 0. The molecule has 200 valence electrons. The van der Waals surface area contributed by atoms with E-state index in [9.17, 15) is 24.9 Å². The molecule has 11 heteroatoms. The molecule has 0 aromatic carbocycles. The minimum absolute atomic E-state index is 0.0593. The predicted octanol–water partition coefficient (Wildman–Crippen LogP) is -0.724. The Balaban J connectivity index is 1.98. The molecule has 0 aliphatic carbocycles. The van der Waals surface area contributed by atoms with Crippen LogP contribution in [0, 0.1) is 5.92 Å². The van der Waals surface area contributed by atoms with Crippen molar-refractivity contribution in [1.82, 2.24) is 16.0 Å². The van der Waals surface area contributed by atoms with Crippen molar-refractivity contribution in [2.45, 2.75) is 83.5 Å². The Morgan fingerprint density at radius 3 is 2.24 bits per heavy atom. The van der Waals surface area contributed by atoms with Gasteiger partial charge in [0.1, 0.15) is 12.2 Å². The van der Waals surface area contributed by atoms with Crippen LogP contribution in [0.4, 0.5) is 0 Å². The second-order valence-electron chi connectivity index (χ2n) is 8.92. The molecule has 1 fully saturated rings. The summed E-state index contributed by atoms with van der Waals surface area (Å²) in [6.07, 6.45) is -1.17. The SMILES string of the molecule is CC(C)NCCOCCC(=O)NCCCNC(=O)CCCCOC1OC(CO)C(O)C(O)C1C. The van der Waals surface area contributed by atoms with E-state index in [0.717, 1.165) is 6.54 Å². The average Bonchev–Trinajstić information content (AvgIpc) is 2.80. The Morgan fingerprint density at radius 1 is 0.912 bits per heavy atom. The molecule has 1 heterocycles. The van der Waals surface area contributed by atoms with E-state index in [1.807, 2.05) is 0 Å². The first-order valence-electron chi connectivity index (χ1n) is 12.3. The summed E-state index contributed by atoms with van der Waals surface area (Å²) >= 11 is 0. The third-order valence-corrected chi connectivity index (χ3v) is 5.54. The maximum absolute atomic E-state index is 11.9. The van der Waals surface area contributed by atoms with E-state index >= 15 is 0 Å². The van der Waals surface area contributed by atoms with Gasteiger partial charge in [0.05, 0.1) is 25.9 Å². The Labute approximate surface area is 202 Å². The highest BCUT2D eigenvalue weighted by atomic mass is 16.7. The van der Waals surface area contributed by atoms with Gasteiger partial charge in [-0.3, -0.25) is 9.59 Å². The number of carbonyl (C=O) groups is 2. The summed E-state index contributed by atoms with van der Waals surface area (Å²) in [6.45, 7) is 8.50. The molecule has 0 bridgehead atoms. The van der Waals surface area contributed by atoms with E-state index < -0.39 is 37.1 Å². The number of rotatable bonds is 18. The number of hydrogen-bond donors (Lipinski definition) is 6. The minimum Gasteiger partial charge on any atom is -0.394 e. The maximum Gasteiger partial charge on any atom is 0.222 e. The highest BCUT2D eigenvalue weighted by Crippen LogP contribution is 2.26. The van der Waals surface area contributed by atoms with Crippen molar-refractivity contribution in [3.8, 4) is 0 Å². The van der Waals surface area contributed by atoms with Crippen LogP contribution in [0.15, 0.2) is 0 Å². The zero-order valence-electron chi connectivity index (χ0n) is 20.8. The molecule has 0 radical (unpaired) electrons. The van der Waals surface area contributed by atoms with E-state index in [2.05, 4.69) is 29.8 Å². The summed E-state index contributed by atoms with van der Waals surface area (Å²) in [5, 5.41) is 38.0. The summed E-state index contributed by atoms with van der Waals surface area (Å²) in [6, 6.07) is 0.417. The molecule has 11 nitrogen and oxygen atoms in total. The first-order valence-corrected chi connectivity index (χ1v) is 12.3. The number of amides is 2. The number of unbranched alkanes of at least 4 members (excludes halogenated alkanes) is 1. The lowest BCUT2D eigenvalue weighted by atomic mass is 9.92. The fourth-order valence-corrected chi connectivity index (χ4v) is 3.41. The van der Waals surface area contributed by atoms with Crippen LogP contribution in [-0.2, 0) is 23.8 Å². The molecule has 1 aliphatic rings. The van der Waals surface area contributed by atoms with E-state index in [4.69, 9.17) is 14.2 Å². The molecule has 1 aliphatic heterocycles. The molecule has 1 rings (SSSR count). The van der Waals surface area contributed by atoms with Crippen LogP contribution < -0.4 is 16.0 Å². The van der Waals surface area contributed by atoms with Crippen molar-refractivity contribution in [3.63, 3.8) is 0 Å². The molecular weight excluding hydrogens is 446 g/mol. The number of carbonyl (C=O) groups excluding carboxylic acids is 2. The first-order chi connectivity index (χ1) is 16.3. The van der Waals surface area contributed by atoms with Crippen molar-refractivity contribution >= 4 is 11.8 Å². The fraction of sp³-hybridized carbons (Fsp3) is 0.913. The van der Waals surface area contributed by atoms with Gasteiger partial charge in [0.15, 0.2) is 6.29 Å². The minimum atomic E-state index is -1.15. The molecule has 5 atom stereocenters. The van der Waals surface area contributed by atoms with Crippen LogP contribution in [0.5, 0.6) is 0 Å². The lowest BCUT2D eigenvalue weighted by Crippen LogP contribution is -2.55. The van der Waals surface area contributed by atoms with Crippen LogP contribution in [0.25, 0.3) is 0 Å². The topological polar surface area (TPSA) is 159 Å². The summed E-state index contributed by atoms with van der Waals surface area (Å²) in [5.74, 6) is -0.552. The molecule has 6 N–H and O–H groups in total. The highest BCUT2D eigenvalue weighted by Gasteiger charge is 2.42. The van der Waals surface area contributed by atoms with E-state index in [-0.39, 0.29) is 11.8 Å². The number of aliphatic hydroxyl groups excluding tert-OH is 3. The van der Waals surface area contributed by atoms with Crippen LogP contribution >= 0.6 is 0 Å². The average molecular weight is 492 g/mol. The maximum atomic E-state index is 11.9. The van der Waals surface area contributed by atoms with Gasteiger partial charge in [-0.2, -0.15) is 0 Å². The third-order valence-electron chi connectivity index (χ3n) is 5.54. The lowest BCUT2D eigenvalue weighted by molar-refractivity contribution is -0.282. The lowest BCUT2D eigenvalue weighted by Gasteiger charge is -2.40. The Kier molecular flexibility index (Phi) is 16.2. The standard InChI is InChI=1S/C23H45N3O8/c1-16(2)24-11-14-32-13-8-20(29)26-10-6-9-25-19(28)7-4-5-12-33-23-17(3)21(30)22(31)18(15-27)34-23/h16-18,21-24,27,30-31H,4-15H2,1-3H3,(H,25,28)(H,26,29). The van der Waals surface area contributed by atoms with Gasteiger partial charge in [-0.25, -0.2) is 0 Å². The highest BCUT2D eigenvalue weighted by molar-refractivity contribution is 5.76. The number of aliphatic hydroxyl groups is 3. The fourth-order valence-electron chi connectivity index (χ4n) is 3.41. The Morgan fingerprint density at radius 2 is 1.59 bits per heavy atom. The van der Waals surface area contributed by atoms with Crippen molar-refractivity contribution < 1.29 is 39.1 Å². The number of ether oxygens (including phenoxy) is 3. The quantitative estimate of drug-likeness (QED) is 0.136. The number of hydrogen-bond acceptors (Lipinski definition) is 9. The van der Waals surface area contributed by atoms with Crippen molar-refractivity contribution in [2.75, 3.05) is 46.1 Å². The first kappa shape index (κ1) is 30.7. The Bertz CT molecular complexity index is 564. The zero-order valence-corrected chi connectivity index (χ0v) is 20.8. The summed E-state index contributed by atoms with van der Waals surface area (Å²) in [4.78, 5) is 23.6. The summed E-state index contributed by atoms with van der Waals surface area (Å²) in [5.41, 5.74) is 0. The van der Waals surface area contributed by atoms with Gasteiger partial charge < -0.3 is 45.5 Å². The third kappa shape index (κ3) is 12.9. The van der Waals surface area contributed by atoms with Gasteiger partial charge in [0, 0.05) is 51.0 Å². The van der Waals surface area contributed by atoms with E-state index in [0.29, 0.717) is 71.1 Å². The molecule has 34 heavy (non-hydrogen) atoms. The van der Waals surface area contributed by atoms with Crippen molar-refractivity contribution in [2.24, 2.45) is 5.92 Å². The van der Waals surface area contributed by atoms with E-state index in [1.165, 1.54) is 0 Å². The molecule has 0 aromatic heterocycles. The van der Waals surface area contributed by atoms with Crippen molar-refractivity contribution in [3.05, 3.63) is 0 Å². The van der Waals surface area contributed by atoms with Crippen LogP contribution in [0.2, 0.25) is 0 Å². The molecule has 1 saturated heterocycles. The monoisotopic (exact) mass is 491 g/mol. The van der Waals surface area contributed by atoms with Gasteiger partial charge >= 0.3 is 0 Å². The van der Waals surface area contributed by atoms with Crippen LogP contribution in [-0.4, -0.2) is 104 Å². The molecule has 5 unspecified atom stereocenters. The molecule has 2 amide bonds. The molecule has 0 saturated carbocycles. The molecule has 0 aromatic rings. The van der Waals surface area contributed by atoms with Gasteiger partial charge in [-0.15, -0.1) is 0 Å². The van der Waals surface area contributed by atoms with Gasteiger partial charge in [-0.05, 0) is 19.3 Å². The zero-order chi connectivity index (χ0) is 25.3. The van der Waals surface area contributed by atoms with E-state index in [1.54, 1.807) is 6.92 Å². The summed E-state index contributed by atoms with van der Waals surface area (Å²) < 4.78 is 16.5. The largest absolute Gasteiger partial charge is 0.394 e. The molecule has 0 spiro atoms. The van der Waals surface area contributed by atoms with Gasteiger partial charge in [-0.1, -0.05) is 20.8 Å². The predicted molar refractivity (Wildman–Crippen MR) is 126 cm³/mol. The van der Waals surface area contributed by atoms with Gasteiger partial charge in [0.2, 0.25) is 11.8 Å². The Hall–Kier alpha value is -1.34. The van der Waals surface area contributed by atoms with Crippen LogP contribution in [0.1, 0.15) is 52.9 Å². The van der Waals surface area contributed by atoms with Crippen molar-refractivity contribution in [1.29, 1.82) is 0 Å². The number of nitrogens with one attached hydrogen (secondary N) is 3. The normalized spacial score (nSPS) is 24.9. The second-order valence-corrected chi connectivity index (χ2v) is 8.92. The molecular formula is C23H45N3O8.